The minimum atomic E-state index is -0.633. The monoisotopic (exact) mass is 512 g/mol. The summed E-state index contributed by atoms with van der Waals surface area (Å²) in [5.74, 6) is -2.68. The summed E-state index contributed by atoms with van der Waals surface area (Å²) in [4.78, 5) is 55.9. The molecule has 0 spiro atoms. The van der Waals surface area contributed by atoms with Crippen molar-refractivity contribution in [1.29, 1.82) is 0 Å². The van der Waals surface area contributed by atoms with E-state index in [0.717, 1.165) is 22.3 Å². The molecule has 0 saturated carbocycles. The highest BCUT2D eigenvalue weighted by Crippen LogP contribution is 2.39. The van der Waals surface area contributed by atoms with Crippen molar-refractivity contribution in [3.05, 3.63) is 81.9 Å². The van der Waals surface area contributed by atoms with Gasteiger partial charge in [-0.25, -0.2) is 0 Å². The molecule has 178 valence electrons. The van der Waals surface area contributed by atoms with Crippen LogP contribution in [-0.2, 0) is 19.2 Å². The third-order valence-electron chi connectivity index (χ3n) is 7.26. The first-order valence-corrected chi connectivity index (χ1v) is 12.6. The SMILES string of the molecule is O=C1C2=Cc3ccccc3C(C(=O)N1CCCCN1C(=O)C3=Cc4ccccc4C(C1=O)C3=S)C2=S. The van der Waals surface area contributed by atoms with Crippen LogP contribution < -0.4 is 0 Å². The second-order valence-electron chi connectivity index (χ2n) is 9.27. The van der Waals surface area contributed by atoms with E-state index in [2.05, 4.69) is 0 Å². The van der Waals surface area contributed by atoms with Crippen LogP contribution in [0.15, 0.2) is 59.7 Å². The molecule has 2 aliphatic heterocycles. The Bertz CT molecular complexity index is 1380. The van der Waals surface area contributed by atoms with Gasteiger partial charge in [0.1, 0.15) is 11.8 Å². The molecule has 2 atom stereocenters. The molecule has 8 heteroatoms. The second-order valence-corrected chi connectivity index (χ2v) is 10.1. The van der Waals surface area contributed by atoms with Gasteiger partial charge in [-0.3, -0.25) is 29.0 Å². The van der Waals surface area contributed by atoms with Gasteiger partial charge in [-0.15, -0.1) is 0 Å². The average molecular weight is 513 g/mol. The van der Waals surface area contributed by atoms with Crippen LogP contribution in [-0.4, -0.2) is 56.2 Å². The number of fused-ring (bicyclic) bond motifs is 8. The van der Waals surface area contributed by atoms with Crippen molar-refractivity contribution < 1.29 is 19.2 Å². The Balaban J connectivity index is 1.15. The van der Waals surface area contributed by atoms with Gasteiger partial charge in [-0.05, 0) is 47.2 Å². The Morgan fingerprint density at radius 1 is 0.611 bits per heavy atom. The number of piperidine rings is 2. The zero-order valence-corrected chi connectivity index (χ0v) is 20.7. The minimum Gasteiger partial charge on any atom is -0.278 e. The Hall–Kier alpha value is -3.62. The van der Waals surface area contributed by atoms with Crippen LogP contribution in [0.3, 0.4) is 0 Å². The molecular formula is C28H20N2O4S2. The Morgan fingerprint density at radius 2 is 1.00 bits per heavy atom. The topological polar surface area (TPSA) is 74.8 Å². The first-order chi connectivity index (χ1) is 17.4. The van der Waals surface area contributed by atoms with E-state index in [0.29, 0.717) is 33.7 Å². The van der Waals surface area contributed by atoms with Gasteiger partial charge in [0, 0.05) is 22.8 Å². The quantitative estimate of drug-likeness (QED) is 0.346. The van der Waals surface area contributed by atoms with Gasteiger partial charge in [-0.2, -0.15) is 0 Å². The second kappa shape index (κ2) is 8.50. The van der Waals surface area contributed by atoms with Crippen LogP contribution in [0.4, 0.5) is 0 Å². The maximum Gasteiger partial charge on any atom is 0.261 e. The Morgan fingerprint density at radius 3 is 1.42 bits per heavy atom. The van der Waals surface area contributed by atoms with Crippen molar-refractivity contribution in [2.24, 2.45) is 0 Å². The molecule has 2 unspecified atom stereocenters. The predicted octanol–water partition coefficient (Wildman–Crippen LogP) is 3.61. The van der Waals surface area contributed by atoms with Gasteiger partial charge in [0.05, 0.1) is 11.1 Å². The summed E-state index contributed by atoms with van der Waals surface area (Å²) >= 11 is 10.9. The molecule has 6 rings (SSSR count). The summed E-state index contributed by atoms with van der Waals surface area (Å²) in [5.41, 5.74) is 4.09. The third kappa shape index (κ3) is 3.28. The number of carbonyl (C=O) groups excluding carboxylic acids is 4. The first-order valence-electron chi connectivity index (χ1n) is 11.8. The summed E-state index contributed by atoms with van der Waals surface area (Å²) < 4.78 is 0. The number of unbranched alkanes of at least 4 members (excludes halogenated alkanes) is 1. The predicted molar refractivity (Wildman–Crippen MR) is 142 cm³/mol. The van der Waals surface area contributed by atoms with E-state index in [9.17, 15) is 19.2 Å². The number of nitrogens with zero attached hydrogens (tertiary/aromatic N) is 2. The highest BCUT2D eigenvalue weighted by Gasteiger charge is 2.46. The lowest BCUT2D eigenvalue weighted by molar-refractivity contribution is -0.145. The lowest BCUT2D eigenvalue weighted by Gasteiger charge is -2.37. The Labute approximate surface area is 218 Å². The highest BCUT2D eigenvalue weighted by molar-refractivity contribution is 7.81. The van der Waals surface area contributed by atoms with Crippen LogP contribution in [0.1, 0.15) is 46.9 Å². The van der Waals surface area contributed by atoms with Gasteiger partial charge in [0.2, 0.25) is 11.8 Å². The molecule has 2 heterocycles. The number of imide groups is 2. The number of rotatable bonds is 5. The van der Waals surface area contributed by atoms with Crippen LogP contribution >= 0.6 is 24.4 Å². The standard InChI is InChI=1S/C28H20N2O4S2/c31-25-19-13-15-7-1-3-9-17(15)21(23(19)35)27(33)29(25)11-5-6-12-30-26(32)20-14-16-8-2-4-10-18(16)22(24(20)36)28(30)34/h1-4,7-10,13-14,21-22H,5-6,11-12H2. The fraction of sp³-hybridized carbons (Fsp3) is 0.214. The normalized spacial score (nSPS) is 22.3. The average Bonchev–Trinajstić information content (AvgIpc) is 2.87. The fourth-order valence-electron chi connectivity index (χ4n) is 5.45. The van der Waals surface area contributed by atoms with E-state index < -0.39 is 11.8 Å². The van der Waals surface area contributed by atoms with Crippen molar-refractivity contribution in [2.75, 3.05) is 13.1 Å². The third-order valence-corrected chi connectivity index (χ3v) is 8.17. The van der Waals surface area contributed by atoms with Gasteiger partial charge in [0.15, 0.2) is 0 Å². The van der Waals surface area contributed by atoms with Crippen LogP contribution in [0.25, 0.3) is 12.2 Å². The molecule has 0 N–H and O–H groups in total. The van der Waals surface area contributed by atoms with E-state index in [4.69, 9.17) is 24.4 Å². The molecule has 2 aromatic rings. The molecule has 0 aromatic heterocycles. The summed E-state index contributed by atoms with van der Waals surface area (Å²) in [6, 6.07) is 14.9. The largest absolute Gasteiger partial charge is 0.278 e. The smallest absolute Gasteiger partial charge is 0.261 e. The molecule has 2 saturated heterocycles. The molecule has 4 amide bonds. The van der Waals surface area contributed by atoms with Crippen LogP contribution in [0.2, 0.25) is 0 Å². The van der Waals surface area contributed by atoms with Gasteiger partial charge >= 0.3 is 0 Å². The van der Waals surface area contributed by atoms with Crippen LogP contribution in [0.5, 0.6) is 0 Å². The molecule has 0 radical (unpaired) electrons. The number of hydrogen-bond donors (Lipinski definition) is 0. The van der Waals surface area contributed by atoms with Crippen molar-refractivity contribution in [2.45, 2.75) is 24.7 Å². The molecule has 4 bridgehead atoms. The van der Waals surface area contributed by atoms with Crippen molar-refractivity contribution in [3.8, 4) is 0 Å². The summed E-state index contributed by atoms with van der Waals surface area (Å²) in [6.07, 6.45) is 4.42. The molecule has 2 aliphatic carbocycles. The van der Waals surface area contributed by atoms with Crippen LogP contribution in [0, 0.1) is 0 Å². The van der Waals surface area contributed by atoms with E-state index in [1.54, 1.807) is 12.2 Å². The lowest BCUT2D eigenvalue weighted by atomic mass is 9.78. The molecule has 2 aromatic carbocycles. The number of hydrogen-bond acceptors (Lipinski definition) is 6. The van der Waals surface area contributed by atoms with E-state index >= 15 is 0 Å². The minimum absolute atomic E-state index is 0.194. The van der Waals surface area contributed by atoms with Crippen molar-refractivity contribution in [1.82, 2.24) is 9.80 Å². The summed E-state index contributed by atoms with van der Waals surface area (Å²) in [5, 5.41) is 0. The number of benzene rings is 2. The van der Waals surface area contributed by atoms with Gasteiger partial charge < -0.3 is 0 Å². The molecular weight excluding hydrogens is 492 g/mol. The Kier molecular flexibility index (Phi) is 5.39. The number of thiocarbonyl (C=S) groups is 2. The first kappa shape index (κ1) is 22.8. The van der Waals surface area contributed by atoms with E-state index in [1.807, 2.05) is 48.5 Å². The maximum atomic E-state index is 13.3. The number of amides is 4. The number of likely N-dealkylation sites (tertiary alicyclic amines) is 2. The van der Waals surface area contributed by atoms with Gasteiger partial charge in [-0.1, -0.05) is 73.0 Å². The maximum absolute atomic E-state index is 13.3. The zero-order valence-electron chi connectivity index (χ0n) is 19.1. The van der Waals surface area contributed by atoms with Crippen molar-refractivity contribution >= 4 is 69.9 Å². The zero-order chi connectivity index (χ0) is 25.1. The molecule has 6 nitrogen and oxygen atoms in total. The molecule has 4 aliphatic rings. The molecule has 36 heavy (non-hydrogen) atoms. The summed E-state index contributed by atoms with van der Waals surface area (Å²) in [6.45, 7) is 0.389. The molecule has 2 fully saturated rings. The highest BCUT2D eigenvalue weighted by atomic mass is 32.1. The van der Waals surface area contributed by atoms with E-state index in [1.165, 1.54) is 9.80 Å². The summed E-state index contributed by atoms with van der Waals surface area (Å²) in [7, 11) is 0. The van der Waals surface area contributed by atoms with Gasteiger partial charge in [0.25, 0.3) is 11.8 Å². The number of carbonyl (C=O) groups is 4. The van der Waals surface area contributed by atoms with E-state index in [-0.39, 0.29) is 36.7 Å². The lowest BCUT2D eigenvalue weighted by Crippen LogP contribution is -2.51. The fourth-order valence-corrected chi connectivity index (χ4v) is 6.20. The van der Waals surface area contributed by atoms with Crippen molar-refractivity contribution in [3.63, 3.8) is 0 Å².